The summed E-state index contributed by atoms with van der Waals surface area (Å²) >= 11 is 0. The van der Waals surface area contributed by atoms with Gasteiger partial charge in [-0.25, -0.2) is 4.18 Å². The largest absolute Gasteiger partial charge is 0.397 e. The molecule has 1 aliphatic heterocycles. The number of carbonyl (C=O) groups excluding carboxylic acids is 1. The van der Waals surface area contributed by atoms with Crippen molar-refractivity contribution in [2.24, 2.45) is 0 Å². The van der Waals surface area contributed by atoms with Crippen LogP contribution in [0.1, 0.15) is 206 Å². The molecule has 1 aliphatic rings. The van der Waals surface area contributed by atoms with Crippen molar-refractivity contribution in [1.29, 1.82) is 0 Å². The zero-order valence-corrected chi connectivity index (χ0v) is 38.9. The number of aliphatic hydroxyl groups is 5. The van der Waals surface area contributed by atoms with E-state index in [1.807, 2.05) is 6.08 Å². The van der Waals surface area contributed by atoms with Crippen molar-refractivity contribution in [3.8, 4) is 0 Å². The predicted molar refractivity (Wildman–Crippen MR) is 242 cm³/mol. The Hall–Kier alpha value is -1.46. The monoisotopic (exact) mass is 892 g/mol. The normalized spacial score (nSPS) is 21.3. The minimum atomic E-state index is -5.12. The summed E-state index contributed by atoms with van der Waals surface area (Å²) in [5.74, 6) is -0.707. The maximum Gasteiger partial charge on any atom is 0.397 e. The highest BCUT2D eigenvalue weighted by molar-refractivity contribution is 7.80. The molecule has 0 aromatic rings. The van der Waals surface area contributed by atoms with Crippen LogP contribution in [-0.4, -0.2) is 107 Å². The highest BCUT2D eigenvalue weighted by Gasteiger charge is 2.48. The van der Waals surface area contributed by atoms with Gasteiger partial charge in [-0.05, 0) is 44.9 Å². The molecule has 1 amide bonds. The van der Waals surface area contributed by atoms with E-state index < -0.39 is 78.5 Å². The third kappa shape index (κ3) is 30.3. The van der Waals surface area contributed by atoms with Crippen LogP contribution in [0.2, 0.25) is 0 Å². The summed E-state index contributed by atoms with van der Waals surface area (Å²) in [6, 6.07) is -1.12. The summed E-state index contributed by atoms with van der Waals surface area (Å²) in [4.78, 5) is 13.1. The van der Waals surface area contributed by atoms with Gasteiger partial charge in [-0.2, -0.15) is 8.42 Å². The fraction of sp³-hybridized carbons (Fsp3) is 0.894. The lowest BCUT2D eigenvalue weighted by Gasteiger charge is -2.41. The second-order valence-corrected chi connectivity index (χ2v) is 18.2. The Morgan fingerprint density at radius 2 is 1.08 bits per heavy atom. The molecule has 1 fully saturated rings. The minimum absolute atomic E-state index is 0.237. The second-order valence-electron chi connectivity index (χ2n) is 17.2. The van der Waals surface area contributed by atoms with Gasteiger partial charge in [0.1, 0.15) is 30.5 Å². The molecule has 0 saturated carbocycles. The highest BCUT2D eigenvalue weighted by atomic mass is 32.3. The number of hydrogen-bond donors (Lipinski definition) is 7. The van der Waals surface area contributed by atoms with Crippen molar-refractivity contribution in [2.45, 2.75) is 255 Å². The van der Waals surface area contributed by atoms with Crippen LogP contribution in [0.15, 0.2) is 24.3 Å². The Morgan fingerprint density at radius 3 is 1.52 bits per heavy atom. The number of carbonyl (C=O) groups is 1. The number of ether oxygens (including phenoxy) is 2. The Morgan fingerprint density at radius 1 is 0.656 bits per heavy atom. The fourth-order valence-corrected chi connectivity index (χ4v) is 8.20. The third-order valence-electron chi connectivity index (χ3n) is 11.6. The maximum atomic E-state index is 13.1. The van der Waals surface area contributed by atoms with Crippen LogP contribution < -0.4 is 5.32 Å². The first-order valence-electron chi connectivity index (χ1n) is 24.3. The average Bonchev–Trinajstić information content (AvgIpc) is 3.23. The molecule has 0 bridgehead atoms. The number of hydrogen-bond acceptors (Lipinski definition) is 11. The van der Waals surface area contributed by atoms with Crippen molar-refractivity contribution in [3.05, 3.63) is 24.3 Å². The van der Waals surface area contributed by atoms with Crippen molar-refractivity contribution >= 4 is 16.3 Å². The van der Waals surface area contributed by atoms with Crippen LogP contribution in [0.5, 0.6) is 0 Å². The van der Waals surface area contributed by atoms with Gasteiger partial charge in [-0.3, -0.25) is 9.35 Å². The minimum Gasteiger partial charge on any atom is -0.394 e. The molecule has 1 heterocycles. The van der Waals surface area contributed by atoms with E-state index in [0.29, 0.717) is 12.8 Å². The quantitative estimate of drug-likeness (QED) is 0.0175. The summed E-state index contributed by atoms with van der Waals surface area (Å²) < 4.78 is 47.5. The third-order valence-corrected chi connectivity index (χ3v) is 12.0. The lowest BCUT2D eigenvalue weighted by atomic mass is 9.99. The maximum absolute atomic E-state index is 13.1. The summed E-state index contributed by atoms with van der Waals surface area (Å²) in [6.45, 7) is 3.20. The highest BCUT2D eigenvalue weighted by Crippen LogP contribution is 2.26. The summed E-state index contributed by atoms with van der Waals surface area (Å²) in [5.41, 5.74) is 0. The first-order chi connectivity index (χ1) is 29.4. The van der Waals surface area contributed by atoms with Gasteiger partial charge in [0.15, 0.2) is 6.29 Å². The van der Waals surface area contributed by atoms with E-state index in [1.54, 1.807) is 0 Å². The molecule has 1 saturated heterocycles. The molecule has 8 unspecified atom stereocenters. The van der Waals surface area contributed by atoms with Crippen LogP contribution in [0, 0.1) is 0 Å². The van der Waals surface area contributed by atoms with Crippen LogP contribution in [0.4, 0.5) is 0 Å². The molecule has 1 rings (SSSR count). The van der Waals surface area contributed by atoms with E-state index >= 15 is 0 Å². The fourth-order valence-electron chi connectivity index (χ4n) is 7.69. The molecular formula is C47H89NO12S. The van der Waals surface area contributed by atoms with Crippen molar-refractivity contribution in [3.63, 3.8) is 0 Å². The van der Waals surface area contributed by atoms with Crippen LogP contribution in [0.3, 0.4) is 0 Å². The summed E-state index contributed by atoms with van der Waals surface area (Å²) in [5, 5.41) is 55.2. The Labute approximate surface area is 370 Å². The number of nitrogens with one attached hydrogen (secondary N) is 1. The lowest BCUT2D eigenvalue weighted by molar-refractivity contribution is -0.298. The molecule has 0 aromatic heterocycles. The topological polar surface area (TPSA) is 212 Å². The average molecular weight is 892 g/mol. The van der Waals surface area contributed by atoms with E-state index in [1.165, 1.54) is 122 Å². The van der Waals surface area contributed by atoms with Gasteiger partial charge in [0, 0.05) is 0 Å². The predicted octanol–water partition coefficient (Wildman–Crippen LogP) is 8.69. The Bertz CT molecular complexity index is 1200. The van der Waals surface area contributed by atoms with Gasteiger partial charge in [0.2, 0.25) is 5.91 Å². The van der Waals surface area contributed by atoms with Crippen molar-refractivity contribution in [1.82, 2.24) is 5.32 Å². The van der Waals surface area contributed by atoms with Gasteiger partial charge >= 0.3 is 10.4 Å². The standard InChI is InChI=1S/C47H89NO12S/c1-3-5-7-9-11-13-15-16-17-18-19-20-21-22-23-24-26-28-30-32-34-36-41(51)46(54)48-39(40(50)35-33-31-29-27-25-14-12-10-8-6-4-2)38-58-47-44(53)45(60-61(55,56)57)43(52)42(37-49)59-47/h21-22,33,35,39-45,47,49-53H,3-20,23-32,34,36-38H2,1-2H3,(H,48,54)(H,55,56,57)/b22-21-,35-33+. The van der Waals surface area contributed by atoms with Gasteiger partial charge in [0.25, 0.3) is 0 Å². The van der Waals surface area contributed by atoms with Gasteiger partial charge in [-0.1, -0.05) is 186 Å². The molecule has 13 nitrogen and oxygen atoms in total. The second kappa shape index (κ2) is 37.9. The van der Waals surface area contributed by atoms with Crippen molar-refractivity contribution < 1.29 is 57.0 Å². The first kappa shape index (κ1) is 57.6. The van der Waals surface area contributed by atoms with E-state index in [2.05, 4.69) is 35.5 Å². The number of allylic oxidation sites excluding steroid dienone is 3. The molecule has 7 N–H and O–H groups in total. The number of rotatable bonds is 41. The molecule has 14 heteroatoms. The zero-order chi connectivity index (χ0) is 45.0. The van der Waals surface area contributed by atoms with E-state index in [-0.39, 0.29) is 6.42 Å². The first-order valence-corrected chi connectivity index (χ1v) is 25.7. The zero-order valence-electron chi connectivity index (χ0n) is 38.1. The molecular weight excluding hydrogens is 803 g/mol. The Kier molecular flexibility index (Phi) is 35.7. The Balaban J connectivity index is 2.49. The molecule has 0 radical (unpaired) electrons. The van der Waals surface area contributed by atoms with Gasteiger partial charge in [0.05, 0.1) is 25.4 Å². The molecule has 360 valence electrons. The van der Waals surface area contributed by atoms with Crippen molar-refractivity contribution in [2.75, 3.05) is 13.2 Å². The number of amides is 1. The SMILES string of the molecule is CCCCCCCCCCC/C=C/C(O)C(COC1OC(CO)C(O)C(OS(=O)(=O)O)C1O)NC(=O)C(O)CCCCCCCC/C=C\CCCCCCCCCCCCC. The van der Waals surface area contributed by atoms with Gasteiger partial charge < -0.3 is 40.3 Å². The smallest absolute Gasteiger partial charge is 0.394 e. The molecule has 61 heavy (non-hydrogen) atoms. The molecule has 0 spiro atoms. The van der Waals surface area contributed by atoms with E-state index in [0.717, 1.165) is 57.8 Å². The van der Waals surface area contributed by atoms with Crippen LogP contribution in [-0.2, 0) is 28.9 Å². The van der Waals surface area contributed by atoms with Gasteiger partial charge in [-0.15, -0.1) is 0 Å². The molecule has 8 atom stereocenters. The molecule has 0 aromatic carbocycles. The van der Waals surface area contributed by atoms with Crippen LogP contribution >= 0.6 is 0 Å². The number of aliphatic hydroxyl groups excluding tert-OH is 5. The number of unbranched alkanes of at least 4 members (excludes halogenated alkanes) is 26. The van der Waals surface area contributed by atoms with E-state index in [4.69, 9.17) is 9.47 Å². The molecule has 0 aliphatic carbocycles. The van der Waals surface area contributed by atoms with Crippen LogP contribution in [0.25, 0.3) is 0 Å². The summed E-state index contributed by atoms with van der Waals surface area (Å²) in [7, 11) is -5.12. The lowest BCUT2D eigenvalue weighted by Crippen LogP contribution is -2.61. The summed E-state index contributed by atoms with van der Waals surface area (Å²) in [6.07, 6.45) is 31.3. The van der Waals surface area contributed by atoms with E-state index in [9.17, 15) is 43.3 Å².